The van der Waals surface area contributed by atoms with Crippen molar-refractivity contribution in [3.63, 3.8) is 0 Å². The van der Waals surface area contributed by atoms with Crippen LogP contribution in [0.1, 0.15) is 50.8 Å². The number of phenolic OH excluding ortho intramolecular Hbond substituents is 1. The largest absolute Gasteiger partial charge is 0.507 e. The lowest BCUT2D eigenvalue weighted by Gasteiger charge is -2.22. The van der Waals surface area contributed by atoms with Crippen LogP contribution < -0.4 is 10.6 Å². The Morgan fingerprint density at radius 2 is 1.83 bits per heavy atom. The summed E-state index contributed by atoms with van der Waals surface area (Å²) in [4.78, 5) is 11.7. The number of amides is 1. The van der Waals surface area contributed by atoms with Gasteiger partial charge in [0.25, 0.3) is 0 Å². The molecule has 0 radical (unpaired) electrons. The first-order valence-corrected chi connectivity index (χ1v) is 8.08. The smallest absolute Gasteiger partial charge is 0.407 e. The lowest BCUT2D eigenvalue weighted by molar-refractivity contribution is 0.0506. The molecule has 0 saturated carbocycles. The summed E-state index contributed by atoms with van der Waals surface area (Å²) in [5.41, 5.74) is 2.45. The minimum absolute atomic E-state index is 0.0423. The number of carbonyl (C=O) groups excluding carboxylic acids is 1. The first-order valence-electron chi connectivity index (χ1n) is 8.08. The molecule has 0 aliphatic heterocycles. The fourth-order valence-electron chi connectivity index (χ4n) is 2.28. The predicted octanol–water partition coefficient (Wildman–Crippen LogP) is 3.40. The van der Waals surface area contributed by atoms with Gasteiger partial charge in [-0.25, -0.2) is 4.79 Å². The number of hydrogen-bond donors (Lipinski definition) is 3. The van der Waals surface area contributed by atoms with Gasteiger partial charge < -0.3 is 20.5 Å². The summed E-state index contributed by atoms with van der Waals surface area (Å²) in [5.74, 6) is 0.365. The van der Waals surface area contributed by atoms with Gasteiger partial charge in [0.1, 0.15) is 11.4 Å². The van der Waals surface area contributed by atoms with Gasteiger partial charge in [-0.3, -0.25) is 0 Å². The number of nitrogens with one attached hydrogen (secondary N) is 2. The predicted molar refractivity (Wildman–Crippen MR) is 92.7 cm³/mol. The van der Waals surface area contributed by atoms with Crippen LogP contribution in [0, 0.1) is 13.8 Å². The maximum atomic E-state index is 11.7. The Morgan fingerprint density at radius 3 is 2.35 bits per heavy atom. The highest BCUT2D eigenvalue weighted by Crippen LogP contribution is 2.22. The molecule has 1 rings (SSSR count). The highest BCUT2D eigenvalue weighted by Gasteiger charge is 2.17. The third-order valence-electron chi connectivity index (χ3n) is 3.40. The number of rotatable bonds is 6. The van der Waals surface area contributed by atoms with Crippen LogP contribution in [0.15, 0.2) is 12.1 Å². The molecular weight excluding hydrogens is 292 g/mol. The molecule has 3 N–H and O–H groups in total. The summed E-state index contributed by atoms with van der Waals surface area (Å²) >= 11 is 0. The van der Waals surface area contributed by atoms with Gasteiger partial charge in [0.15, 0.2) is 0 Å². The zero-order valence-corrected chi connectivity index (χ0v) is 15.1. The quantitative estimate of drug-likeness (QED) is 0.702. The number of benzene rings is 1. The molecule has 130 valence electrons. The molecule has 0 aliphatic rings. The van der Waals surface area contributed by atoms with Crippen molar-refractivity contribution >= 4 is 6.09 Å². The van der Waals surface area contributed by atoms with E-state index in [4.69, 9.17) is 4.74 Å². The van der Waals surface area contributed by atoms with E-state index in [1.807, 2.05) is 53.7 Å². The minimum atomic E-state index is -0.476. The number of ether oxygens (including phenoxy) is 1. The Labute approximate surface area is 139 Å². The number of aryl methyl sites for hydroxylation is 2. The third kappa shape index (κ3) is 7.37. The Morgan fingerprint density at radius 1 is 1.26 bits per heavy atom. The van der Waals surface area contributed by atoms with Gasteiger partial charge in [-0.05, 0) is 71.2 Å². The van der Waals surface area contributed by atoms with Crippen molar-refractivity contribution in [2.24, 2.45) is 0 Å². The Balaban J connectivity index is 2.30. The molecule has 0 fully saturated rings. The van der Waals surface area contributed by atoms with Crippen molar-refractivity contribution in [2.45, 2.75) is 66.2 Å². The fourth-order valence-corrected chi connectivity index (χ4v) is 2.28. The number of aromatic hydroxyl groups is 1. The molecule has 0 bridgehead atoms. The Kier molecular flexibility index (Phi) is 6.88. The average molecular weight is 322 g/mol. The van der Waals surface area contributed by atoms with Gasteiger partial charge in [-0.15, -0.1) is 0 Å². The van der Waals surface area contributed by atoms with Crippen molar-refractivity contribution in [3.05, 3.63) is 28.8 Å². The second kappa shape index (κ2) is 8.20. The molecule has 1 atom stereocenters. The van der Waals surface area contributed by atoms with Crippen molar-refractivity contribution in [1.29, 1.82) is 0 Å². The van der Waals surface area contributed by atoms with E-state index in [9.17, 15) is 9.90 Å². The third-order valence-corrected chi connectivity index (χ3v) is 3.40. The van der Waals surface area contributed by atoms with Crippen LogP contribution in [-0.4, -0.2) is 29.4 Å². The second-order valence-electron chi connectivity index (χ2n) is 7.09. The molecule has 5 heteroatoms. The van der Waals surface area contributed by atoms with Crippen molar-refractivity contribution < 1.29 is 14.6 Å². The van der Waals surface area contributed by atoms with E-state index in [-0.39, 0.29) is 12.1 Å². The molecule has 5 nitrogen and oxygen atoms in total. The van der Waals surface area contributed by atoms with Crippen LogP contribution in [0.25, 0.3) is 0 Å². The lowest BCUT2D eigenvalue weighted by atomic mass is 10.1. The highest BCUT2D eigenvalue weighted by molar-refractivity contribution is 5.68. The monoisotopic (exact) mass is 322 g/mol. The number of phenols is 1. The molecule has 1 aromatic carbocycles. The molecule has 0 saturated heterocycles. The van der Waals surface area contributed by atoms with E-state index in [2.05, 4.69) is 10.6 Å². The number of alkyl carbamates (subject to hydrolysis) is 1. The number of hydrogen-bond acceptors (Lipinski definition) is 4. The molecule has 1 unspecified atom stereocenters. The number of carbonyl (C=O) groups is 1. The highest BCUT2D eigenvalue weighted by atomic mass is 16.6. The molecule has 1 amide bonds. The maximum Gasteiger partial charge on any atom is 0.407 e. The molecule has 0 heterocycles. The van der Waals surface area contributed by atoms with Crippen LogP contribution in [0.3, 0.4) is 0 Å². The summed E-state index contributed by atoms with van der Waals surface area (Å²) in [6.45, 7) is 12.8. The normalized spacial score (nSPS) is 12.8. The average Bonchev–Trinajstić information content (AvgIpc) is 2.38. The second-order valence-corrected chi connectivity index (χ2v) is 7.09. The van der Waals surface area contributed by atoms with Crippen LogP contribution in [0.2, 0.25) is 0 Å². The molecule has 1 aromatic rings. The summed E-state index contributed by atoms with van der Waals surface area (Å²) in [6.07, 6.45) is 0.435. The van der Waals surface area contributed by atoms with Crippen LogP contribution >= 0.6 is 0 Å². The van der Waals surface area contributed by atoms with Crippen molar-refractivity contribution in [3.8, 4) is 5.75 Å². The zero-order valence-electron chi connectivity index (χ0n) is 15.1. The SMILES string of the molecule is Cc1cc(CNCCC(C)NC(=O)OC(C)(C)C)cc(C)c1O. The van der Waals surface area contributed by atoms with E-state index in [0.29, 0.717) is 5.75 Å². The Hall–Kier alpha value is -1.75. The zero-order chi connectivity index (χ0) is 17.6. The summed E-state index contributed by atoms with van der Waals surface area (Å²) in [7, 11) is 0. The summed E-state index contributed by atoms with van der Waals surface area (Å²) in [5, 5.41) is 15.9. The van der Waals surface area contributed by atoms with Gasteiger partial charge in [-0.2, -0.15) is 0 Å². The molecule has 0 aromatic heterocycles. The molecular formula is C18H30N2O3. The first kappa shape index (κ1) is 19.3. The van der Waals surface area contributed by atoms with Gasteiger partial charge in [0, 0.05) is 12.6 Å². The Bertz CT molecular complexity index is 513. The van der Waals surface area contributed by atoms with Gasteiger partial charge in [0.2, 0.25) is 0 Å². The van der Waals surface area contributed by atoms with Crippen molar-refractivity contribution in [2.75, 3.05) is 6.54 Å². The fraction of sp³-hybridized carbons (Fsp3) is 0.611. The van der Waals surface area contributed by atoms with E-state index in [1.54, 1.807) is 0 Å². The standard InChI is InChI=1S/C18H30N2O3/c1-12-9-15(10-13(2)16(12)21)11-19-8-7-14(3)20-17(22)23-18(4,5)6/h9-10,14,19,21H,7-8,11H2,1-6H3,(H,20,22). The minimum Gasteiger partial charge on any atom is -0.507 e. The first-order chi connectivity index (χ1) is 10.6. The van der Waals surface area contributed by atoms with Gasteiger partial charge >= 0.3 is 6.09 Å². The van der Waals surface area contributed by atoms with E-state index in [1.165, 1.54) is 0 Å². The molecule has 23 heavy (non-hydrogen) atoms. The molecule has 0 spiro atoms. The van der Waals surface area contributed by atoms with Crippen LogP contribution in [0.4, 0.5) is 4.79 Å². The topological polar surface area (TPSA) is 70.6 Å². The molecule has 0 aliphatic carbocycles. The maximum absolute atomic E-state index is 11.7. The van der Waals surface area contributed by atoms with Gasteiger partial charge in [-0.1, -0.05) is 12.1 Å². The van der Waals surface area contributed by atoms with E-state index in [0.717, 1.165) is 36.2 Å². The lowest BCUT2D eigenvalue weighted by Crippen LogP contribution is -2.38. The van der Waals surface area contributed by atoms with E-state index >= 15 is 0 Å². The van der Waals surface area contributed by atoms with Crippen LogP contribution in [-0.2, 0) is 11.3 Å². The van der Waals surface area contributed by atoms with Gasteiger partial charge in [0.05, 0.1) is 0 Å². The summed E-state index contributed by atoms with van der Waals surface area (Å²) < 4.78 is 5.23. The van der Waals surface area contributed by atoms with Crippen LogP contribution in [0.5, 0.6) is 5.75 Å². The summed E-state index contributed by atoms with van der Waals surface area (Å²) in [6, 6.07) is 4.01. The van der Waals surface area contributed by atoms with E-state index < -0.39 is 5.60 Å². The van der Waals surface area contributed by atoms with Crippen molar-refractivity contribution in [1.82, 2.24) is 10.6 Å².